The van der Waals surface area contributed by atoms with Crippen molar-refractivity contribution in [2.24, 2.45) is 0 Å². The molecule has 0 N–H and O–H groups in total. The molecule has 1 amide bonds. The molecule has 25 heavy (non-hydrogen) atoms. The summed E-state index contributed by atoms with van der Waals surface area (Å²) in [6.07, 6.45) is 0.235. The minimum atomic E-state index is -0.357. The van der Waals surface area contributed by atoms with E-state index in [1.54, 1.807) is 30.0 Å². The quantitative estimate of drug-likeness (QED) is 0.725. The number of nitrogens with zero attached hydrogens (tertiary/aromatic N) is 3. The summed E-state index contributed by atoms with van der Waals surface area (Å²) >= 11 is 9.29. The van der Waals surface area contributed by atoms with Crippen LogP contribution in [0.4, 0.5) is 0 Å². The summed E-state index contributed by atoms with van der Waals surface area (Å²) in [4.78, 5) is 18.5. The van der Waals surface area contributed by atoms with Crippen molar-refractivity contribution in [3.63, 3.8) is 0 Å². The summed E-state index contributed by atoms with van der Waals surface area (Å²) < 4.78 is 17.1. The van der Waals surface area contributed by atoms with Gasteiger partial charge < -0.3 is 18.9 Å². The molecule has 9 heteroatoms. The topological polar surface area (TPSA) is 77.7 Å². The van der Waals surface area contributed by atoms with Crippen molar-refractivity contribution in [1.29, 1.82) is 0 Å². The van der Waals surface area contributed by atoms with Crippen LogP contribution in [0, 0.1) is 6.92 Å². The van der Waals surface area contributed by atoms with Gasteiger partial charge in [-0.25, -0.2) is 0 Å². The van der Waals surface area contributed by atoms with E-state index in [9.17, 15) is 4.79 Å². The van der Waals surface area contributed by atoms with E-state index in [-0.39, 0.29) is 25.0 Å². The standard InChI is InChI=1S/C16H17BrClN3O4/c1-10-19-16(25-20-10)13-9-23-7-5-21(13)15(22)4-6-24-14-3-2-11(18)8-12(14)17/h2-3,8,13H,4-7,9H2,1H3/t13-/m0/s1. The summed E-state index contributed by atoms with van der Waals surface area (Å²) in [5.41, 5.74) is 0. The number of hydrogen-bond donors (Lipinski definition) is 0. The van der Waals surface area contributed by atoms with Crippen LogP contribution in [0.2, 0.25) is 5.02 Å². The van der Waals surface area contributed by atoms with E-state index in [4.69, 9.17) is 25.6 Å². The lowest BCUT2D eigenvalue weighted by atomic mass is 10.2. The number of halogens is 2. The first-order valence-electron chi connectivity index (χ1n) is 7.80. The number of aryl methyl sites for hydroxylation is 1. The normalized spacial score (nSPS) is 17.6. The smallest absolute Gasteiger partial charge is 0.251 e. The van der Waals surface area contributed by atoms with Crippen LogP contribution in [0.25, 0.3) is 0 Å². The lowest BCUT2D eigenvalue weighted by Crippen LogP contribution is -2.44. The molecule has 0 spiro atoms. The third-order valence-electron chi connectivity index (χ3n) is 3.74. The fraction of sp³-hybridized carbons (Fsp3) is 0.438. The zero-order valence-corrected chi connectivity index (χ0v) is 15.9. The van der Waals surface area contributed by atoms with Crippen molar-refractivity contribution in [2.75, 3.05) is 26.4 Å². The monoisotopic (exact) mass is 429 g/mol. The van der Waals surface area contributed by atoms with Gasteiger partial charge in [0.05, 0.1) is 30.7 Å². The molecule has 0 bridgehead atoms. The van der Waals surface area contributed by atoms with Gasteiger partial charge in [-0.1, -0.05) is 16.8 Å². The number of carbonyl (C=O) groups is 1. The highest BCUT2D eigenvalue weighted by Crippen LogP contribution is 2.28. The Balaban J connectivity index is 1.59. The molecule has 7 nitrogen and oxygen atoms in total. The van der Waals surface area contributed by atoms with Crippen LogP contribution in [0.5, 0.6) is 5.75 Å². The maximum absolute atomic E-state index is 12.6. The van der Waals surface area contributed by atoms with Crippen LogP contribution in [0.15, 0.2) is 27.2 Å². The van der Waals surface area contributed by atoms with Crippen LogP contribution in [0.3, 0.4) is 0 Å². The molecule has 1 saturated heterocycles. The maximum Gasteiger partial charge on any atom is 0.251 e. The third kappa shape index (κ3) is 4.50. The zero-order chi connectivity index (χ0) is 17.8. The Kier molecular flexibility index (Phi) is 5.93. The van der Waals surface area contributed by atoms with Gasteiger partial charge in [0.2, 0.25) is 5.91 Å². The lowest BCUT2D eigenvalue weighted by molar-refractivity contribution is -0.141. The first-order chi connectivity index (χ1) is 12.0. The van der Waals surface area contributed by atoms with Crippen LogP contribution >= 0.6 is 27.5 Å². The molecule has 1 aromatic heterocycles. The molecule has 1 fully saturated rings. The molecule has 0 unspecified atom stereocenters. The van der Waals surface area contributed by atoms with Gasteiger partial charge in [-0.15, -0.1) is 0 Å². The molecule has 1 aliphatic heterocycles. The molecule has 3 rings (SSSR count). The number of amides is 1. The van der Waals surface area contributed by atoms with Crippen LogP contribution in [-0.4, -0.2) is 47.3 Å². The van der Waals surface area contributed by atoms with E-state index in [0.717, 1.165) is 4.47 Å². The molecule has 2 aromatic rings. The van der Waals surface area contributed by atoms with Crippen LogP contribution in [-0.2, 0) is 9.53 Å². The Morgan fingerprint density at radius 3 is 3.08 bits per heavy atom. The van der Waals surface area contributed by atoms with Gasteiger partial charge in [-0.2, -0.15) is 4.98 Å². The van der Waals surface area contributed by atoms with E-state index in [1.165, 1.54) is 0 Å². The molecule has 134 valence electrons. The van der Waals surface area contributed by atoms with Crippen molar-refractivity contribution in [3.8, 4) is 5.75 Å². The van der Waals surface area contributed by atoms with Gasteiger partial charge in [-0.3, -0.25) is 4.79 Å². The van der Waals surface area contributed by atoms with E-state index < -0.39 is 0 Å². The minimum Gasteiger partial charge on any atom is -0.492 e. The average Bonchev–Trinajstić information content (AvgIpc) is 3.03. The van der Waals surface area contributed by atoms with E-state index in [1.807, 2.05) is 0 Å². The Labute approximate surface area is 158 Å². The van der Waals surface area contributed by atoms with Gasteiger partial charge in [0.25, 0.3) is 5.89 Å². The number of benzene rings is 1. The number of morpholine rings is 1. The lowest BCUT2D eigenvalue weighted by Gasteiger charge is -2.33. The van der Waals surface area contributed by atoms with Gasteiger partial charge in [-0.05, 0) is 41.1 Å². The summed E-state index contributed by atoms with van der Waals surface area (Å²) in [7, 11) is 0. The first-order valence-corrected chi connectivity index (χ1v) is 8.97. The summed E-state index contributed by atoms with van der Waals surface area (Å²) in [6, 6.07) is 4.88. The SMILES string of the molecule is Cc1noc([C@@H]2COCCN2C(=O)CCOc2ccc(Cl)cc2Br)n1. The highest BCUT2D eigenvalue weighted by molar-refractivity contribution is 9.10. The van der Waals surface area contributed by atoms with E-state index in [2.05, 4.69) is 26.1 Å². The van der Waals surface area contributed by atoms with Crippen molar-refractivity contribution in [3.05, 3.63) is 39.4 Å². The van der Waals surface area contributed by atoms with Crippen LogP contribution in [0.1, 0.15) is 24.2 Å². The molecule has 2 heterocycles. The van der Waals surface area contributed by atoms with Gasteiger partial charge in [0, 0.05) is 11.6 Å². The minimum absolute atomic E-state index is 0.0470. The molecule has 1 aromatic carbocycles. The summed E-state index contributed by atoms with van der Waals surface area (Å²) in [5, 5.41) is 4.40. The fourth-order valence-corrected chi connectivity index (χ4v) is 3.34. The van der Waals surface area contributed by atoms with E-state index >= 15 is 0 Å². The van der Waals surface area contributed by atoms with Crippen molar-refractivity contribution < 1.29 is 18.8 Å². The number of aromatic nitrogens is 2. The zero-order valence-electron chi connectivity index (χ0n) is 13.6. The summed E-state index contributed by atoms with van der Waals surface area (Å²) in [6.45, 7) is 3.30. The second-order valence-electron chi connectivity index (χ2n) is 5.53. The van der Waals surface area contributed by atoms with Gasteiger partial charge in [0.1, 0.15) is 11.8 Å². The van der Waals surface area contributed by atoms with Crippen LogP contribution < -0.4 is 4.74 Å². The molecular formula is C16H17BrClN3O4. The Bertz CT molecular complexity index is 755. The van der Waals surface area contributed by atoms with Crippen molar-refractivity contribution in [1.82, 2.24) is 15.0 Å². The van der Waals surface area contributed by atoms with Crippen molar-refractivity contribution in [2.45, 2.75) is 19.4 Å². The number of ether oxygens (including phenoxy) is 2. The van der Waals surface area contributed by atoms with E-state index in [0.29, 0.717) is 42.2 Å². The molecule has 0 radical (unpaired) electrons. The second kappa shape index (κ2) is 8.16. The predicted octanol–water partition coefficient (Wildman–Crippen LogP) is 3.16. The molecular weight excluding hydrogens is 414 g/mol. The van der Waals surface area contributed by atoms with Crippen molar-refractivity contribution >= 4 is 33.4 Å². The molecule has 0 aliphatic carbocycles. The fourth-order valence-electron chi connectivity index (χ4n) is 2.54. The number of hydrogen-bond acceptors (Lipinski definition) is 6. The third-order valence-corrected chi connectivity index (χ3v) is 4.60. The maximum atomic E-state index is 12.6. The molecule has 1 atom stereocenters. The Hall–Kier alpha value is -1.64. The first kappa shape index (κ1) is 18.2. The average molecular weight is 431 g/mol. The number of rotatable bonds is 5. The largest absolute Gasteiger partial charge is 0.492 e. The van der Waals surface area contributed by atoms with Gasteiger partial charge in [0.15, 0.2) is 5.82 Å². The molecule has 1 aliphatic rings. The second-order valence-corrected chi connectivity index (χ2v) is 6.82. The highest BCUT2D eigenvalue weighted by atomic mass is 79.9. The predicted molar refractivity (Wildman–Crippen MR) is 93.6 cm³/mol. The van der Waals surface area contributed by atoms with Gasteiger partial charge >= 0.3 is 0 Å². The molecule has 0 saturated carbocycles. The number of carbonyl (C=O) groups excluding carboxylic acids is 1. The Morgan fingerprint density at radius 2 is 2.36 bits per heavy atom. The summed E-state index contributed by atoms with van der Waals surface area (Å²) in [5.74, 6) is 1.52. The highest BCUT2D eigenvalue weighted by Gasteiger charge is 2.32. The Morgan fingerprint density at radius 1 is 1.52 bits per heavy atom.